The number of hydrogen-bond donors (Lipinski definition) is 1. The van der Waals surface area contributed by atoms with Crippen LogP contribution in [0.4, 0.5) is 5.13 Å². The second-order valence-electron chi connectivity index (χ2n) is 6.70. The average Bonchev–Trinajstić information content (AvgIpc) is 3.35. The summed E-state index contributed by atoms with van der Waals surface area (Å²) < 4.78 is 1.87. The summed E-state index contributed by atoms with van der Waals surface area (Å²) in [6, 6.07) is 11.2. The maximum absolute atomic E-state index is 4.41. The van der Waals surface area contributed by atoms with Gasteiger partial charge in [0.1, 0.15) is 17.7 Å². The molecular formula is C18H23N7S. The lowest BCUT2D eigenvalue weighted by Gasteiger charge is -2.33. The summed E-state index contributed by atoms with van der Waals surface area (Å²) in [5, 5.41) is 18.7. The van der Waals surface area contributed by atoms with Crippen molar-refractivity contribution in [2.45, 2.75) is 38.4 Å². The molecule has 0 saturated carbocycles. The molecule has 0 unspecified atom stereocenters. The molecular weight excluding hydrogens is 346 g/mol. The lowest BCUT2D eigenvalue weighted by atomic mass is 10.0. The van der Waals surface area contributed by atoms with Gasteiger partial charge in [-0.05, 0) is 19.8 Å². The number of hydrogen-bond acceptors (Lipinski definition) is 7. The summed E-state index contributed by atoms with van der Waals surface area (Å²) in [4.78, 5) is 6.35. The van der Waals surface area contributed by atoms with E-state index in [4.69, 9.17) is 0 Å². The Bertz CT molecular complexity index is 794. The molecule has 0 spiro atoms. The molecule has 0 aliphatic carbocycles. The fraction of sp³-hybridized carbons (Fsp3) is 0.444. The van der Waals surface area contributed by atoms with Crippen molar-refractivity contribution in [3.8, 4) is 10.6 Å². The minimum atomic E-state index is 0.375. The van der Waals surface area contributed by atoms with Gasteiger partial charge in [-0.2, -0.15) is 5.10 Å². The van der Waals surface area contributed by atoms with E-state index in [2.05, 4.69) is 49.6 Å². The summed E-state index contributed by atoms with van der Waals surface area (Å²) >= 11 is 1.68. The number of nitrogens with zero attached hydrogens (tertiary/aromatic N) is 6. The Kier molecular flexibility index (Phi) is 5.21. The van der Waals surface area contributed by atoms with Gasteiger partial charge in [0, 0.05) is 30.7 Å². The highest BCUT2D eigenvalue weighted by molar-refractivity contribution is 7.18. The van der Waals surface area contributed by atoms with Gasteiger partial charge >= 0.3 is 0 Å². The summed E-state index contributed by atoms with van der Waals surface area (Å²) in [5.74, 6) is 0. The Morgan fingerprint density at radius 3 is 2.73 bits per heavy atom. The molecule has 1 aliphatic heterocycles. The number of nitrogens with one attached hydrogen (secondary N) is 1. The van der Waals surface area contributed by atoms with Crippen molar-refractivity contribution in [1.29, 1.82) is 0 Å². The lowest BCUT2D eigenvalue weighted by Crippen LogP contribution is -2.46. The van der Waals surface area contributed by atoms with Gasteiger partial charge < -0.3 is 10.2 Å². The SMILES string of the molecule is C[C@H](Cn1cncn1)NC1CCN(c2nnc(-c3ccccc3)s2)CC1. The fourth-order valence-electron chi connectivity index (χ4n) is 3.34. The van der Waals surface area contributed by atoms with Crippen molar-refractivity contribution in [1.82, 2.24) is 30.3 Å². The van der Waals surface area contributed by atoms with Gasteiger partial charge in [-0.15, -0.1) is 10.2 Å². The third-order valence-electron chi connectivity index (χ3n) is 4.65. The minimum Gasteiger partial charge on any atom is -0.347 e. The van der Waals surface area contributed by atoms with Crippen LogP contribution in [0.5, 0.6) is 0 Å². The quantitative estimate of drug-likeness (QED) is 0.720. The number of piperidine rings is 1. The van der Waals surface area contributed by atoms with E-state index < -0.39 is 0 Å². The molecule has 1 fully saturated rings. The summed E-state index contributed by atoms with van der Waals surface area (Å²) in [7, 11) is 0. The molecule has 7 nitrogen and oxygen atoms in total. The molecule has 4 rings (SSSR count). The van der Waals surface area contributed by atoms with Crippen LogP contribution in [0.2, 0.25) is 0 Å². The largest absolute Gasteiger partial charge is 0.347 e. The van der Waals surface area contributed by atoms with Crippen molar-refractivity contribution in [3.05, 3.63) is 43.0 Å². The van der Waals surface area contributed by atoms with E-state index in [1.807, 2.05) is 22.9 Å². The second-order valence-corrected chi connectivity index (χ2v) is 7.66. The van der Waals surface area contributed by atoms with Crippen molar-refractivity contribution in [2.24, 2.45) is 0 Å². The zero-order valence-electron chi connectivity index (χ0n) is 14.8. The van der Waals surface area contributed by atoms with Crippen LogP contribution in [0.1, 0.15) is 19.8 Å². The van der Waals surface area contributed by atoms with Gasteiger partial charge in [-0.25, -0.2) is 4.98 Å². The van der Waals surface area contributed by atoms with E-state index in [0.29, 0.717) is 12.1 Å². The maximum atomic E-state index is 4.41. The molecule has 0 amide bonds. The van der Waals surface area contributed by atoms with Crippen LogP contribution in [-0.2, 0) is 6.54 Å². The highest BCUT2D eigenvalue weighted by Crippen LogP contribution is 2.30. The van der Waals surface area contributed by atoms with E-state index in [0.717, 1.165) is 48.2 Å². The predicted molar refractivity (Wildman–Crippen MR) is 103 cm³/mol. The summed E-state index contributed by atoms with van der Waals surface area (Å²) in [5.41, 5.74) is 1.13. The molecule has 8 heteroatoms. The first-order valence-electron chi connectivity index (χ1n) is 9.00. The third kappa shape index (κ3) is 4.08. The topological polar surface area (TPSA) is 71.8 Å². The molecule has 2 aromatic heterocycles. The van der Waals surface area contributed by atoms with Crippen molar-refractivity contribution in [3.63, 3.8) is 0 Å². The first-order chi connectivity index (χ1) is 12.8. The number of aromatic nitrogens is 5. The molecule has 3 heterocycles. The molecule has 1 N–H and O–H groups in total. The number of rotatable bonds is 6. The van der Waals surface area contributed by atoms with E-state index in [-0.39, 0.29) is 0 Å². The highest BCUT2D eigenvalue weighted by Gasteiger charge is 2.23. The fourth-order valence-corrected chi connectivity index (χ4v) is 4.24. The second kappa shape index (κ2) is 7.92. The van der Waals surface area contributed by atoms with E-state index >= 15 is 0 Å². The standard InChI is InChI=1S/C18H23N7S/c1-14(11-25-13-19-12-20-25)21-16-7-9-24(10-8-16)18-23-22-17(26-18)15-5-3-2-4-6-15/h2-6,12-14,16,21H,7-11H2,1H3/t14-/m1/s1. The Labute approximate surface area is 157 Å². The van der Waals surface area contributed by atoms with Crippen LogP contribution in [0.3, 0.4) is 0 Å². The van der Waals surface area contributed by atoms with Crippen molar-refractivity contribution < 1.29 is 0 Å². The first-order valence-corrected chi connectivity index (χ1v) is 9.82. The molecule has 1 aliphatic rings. The van der Waals surface area contributed by atoms with Crippen LogP contribution >= 0.6 is 11.3 Å². The zero-order chi connectivity index (χ0) is 17.8. The number of benzene rings is 1. The van der Waals surface area contributed by atoms with Gasteiger partial charge in [-0.3, -0.25) is 4.68 Å². The molecule has 0 bridgehead atoms. The Morgan fingerprint density at radius 2 is 2.00 bits per heavy atom. The third-order valence-corrected chi connectivity index (χ3v) is 5.68. The van der Waals surface area contributed by atoms with Crippen molar-refractivity contribution in [2.75, 3.05) is 18.0 Å². The van der Waals surface area contributed by atoms with E-state index in [1.54, 1.807) is 24.0 Å². The van der Waals surface area contributed by atoms with Crippen LogP contribution in [0.25, 0.3) is 10.6 Å². The van der Waals surface area contributed by atoms with Gasteiger partial charge in [0.15, 0.2) is 0 Å². The van der Waals surface area contributed by atoms with Gasteiger partial charge in [0.25, 0.3) is 0 Å². The van der Waals surface area contributed by atoms with Crippen LogP contribution in [0.15, 0.2) is 43.0 Å². The van der Waals surface area contributed by atoms with E-state index in [1.165, 1.54) is 0 Å². The van der Waals surface area contributed by atoms with Crippen LogP contribution in [0, 0.1) is 0 Å². The number of anilines is 1. The Hall–Kier alpha value is -2.32. The van der Waals surface area contributed by atoms with Crippen molar-refractivity contribution >= 4 is 16.5 Å². The Morgan fingerprint density at radius 1 is 1.19 bits per heavy atom. The van der Waals surface area contributed by atoms with Crippen LogP contribution < -0.4 is 10.2 Å². The summed E-state index contributed by atoms with van der Waals surface area (Å²) in [6.07, 6.45) is 5.57. The van der Waals surface area contributed by atoms with Crippen LogP contribution in [-0.4, -0.2) is 50.1 Å². The average molecular weight is 369 g/mol. The molecule has 26 heavy (non-hydrogen) atoms. The van der Waals surface area contributed by atoms with E-state index in [9.17, 15) is 0 Å². The van der Waals surface area contributed by atoms with Gasteiger partial charge in [0.2, 0.25) is 5.13 Å². The van der Waals surface area contributed by atoms with Gasteiger partial charge in [0.05, 0.1) is 6.54 Å². The molecule has 136 valence electrons. The summed E-state index contributed by atoms with van der Waals surface area (Å²) in [6.45, 7) is 5.07. The lowest BCUT2D eigenvalue weighted by molar-refractivity contribution is 0.348. The highest BCUT2D eigenvalue weighted by atomic mass is 32.1. The minimum absolute atomic E-state index is 0.375. The Balaban J connectivity index is 1.29. The zero-order valence-corrected chi connectivity index (χ0v) is 15.6. The van der Waals surface area contributed by atoms with Gasteiger partial charge in [-0.1, -0.05) is 41.7 Å². The normalized spacial score (nSPS) is 16.7. The molecule has 1 aromatic carbocycles. The molecule has 1 atom stereocenters. The predicted octanol–water partition coefficient (Wildman–Crippen LogP) is 2.44. The maximum Gasteiger partial charge on any atom is 0.208 e. The molecule has 3 aromatic rings. The monoisotopic (exact) mass is 369 g/mol. The smallest absolute Gasteiger partial charge is 0.208 e. The molecule has 1 saturated heterocycles. The first kappa shape index (κ1) is 17.1. The molecule has 0 radical (unpaired) electrons.